The molecule has 2 atom stereocenters. The molecule has 1 fully saturated rings. The molecule has 0 amide bonds. The summed E-state index contributed by atoms with van der Waals surface area (Å²) < 4.78 is 12.5. The molecule has 0 spiro atoms. The molecule has 0 saturated carbocycles. The summed E-state index contributed by atoms with van der Waals surface area (Å²) in [4.78, 5) is 1.85. The number of aliphatic hydroxyl groups is 1. The molecule has 1 rings (SSSR count). The first-order valence-corrected chi connectivity index (χ1v) is 3.19. The monoisotopic (exact) mass is 133 g/mol. The average Bonchev–Trinajstić information content (AvgIpc) is 2.10. The highest BCUT2D eigenvalue weighted by molar-refractivity contribution is 4.81. The minimum absolute atomic E-state index is 0.0556. The molecule has 1 aliphatic heterocycles. The summed E-state index contributed by atoms with van der Waals surface area (Å²) in [6.45, 7) is 0.558. The van der Waals surface area contributed by atoms with E-state index in [2.05, 4.69) is 0 Å². The third-order valence-corrected chi connectivity index (χ3v) is 1.85. The lowest BCUT2D eigenvalue weighted by atomic mass is 10.2. The van der Waals surface area contributed by atoms with Crippen LogP contribution in [0.2, 0.25) is 0 Å². The standard InChI is InChI=1S/C6H12FNO/c1-8-3-5(7)2-6(8)4-9/h5-6,9H,2-4H2,1H3/t5-,6?/m1/s1. The van der Waals surface area contributed by atoms with E-state index in [9.17, 15) is 4.39 Å². The summed E-state index contributed by atoms with van der Waals surface area (Å²) in [5.74, 6) is 0. The number of likely N-dealkylation sites (tertiary alicyclic amines) is 1. The van der Waals surface area contributed by atoms with Crippen LogP contribution in [0, 0.1) is 0 Å². The molecule has 54 valence electrons. The Morgan fingerprint density at radius 1 is 1.78 bits per heavy atom. The van der Waals surface area contributed by atoms with Gasteiger partial charge in [0, 0.05) is 12.6 Å². The van der Waals surface area contributed by atoms with Crippen LogP contribution in [0.1, 0.15) is 6.42 Å². The Hall–Kier alpha value is -0.150. The summed E-state index contributed by atoms with van der Waals surface area (Å²) in [6, 6.07) is 0.0556. The Bertz CT molecular complexity index is 99.1. The number of aliphatic hydroxyl groups excluding tert-OH is 1. The number of hydrogen-bond donors (Lipinski definition) is 1. The van der Waals surface area contributed by atoms with Gasteiger partial charge in [-0.1, -0.05) is 0 Å². The summed E-state index contributed by atoms with van der Waals surface area (Å²) >= 11 is 0. The van der Waals surface area contributed by atoms with Crippen molar-refractivity contribution < 1.29 is 9.50 Å². The molecule has 0 aromatic rings. The van der Waals surface area contributed by atoms with E-state index < -0.39 is 6.17 Å². The first kappa shape index (κ1) is 6.96. The largest absolute Gasteiger partial charge is 0.395 e. The van der Waals surface area contributed by atoms with Crippen LogP contribution in [0.3, 0.4) is 0 Å². The van der Waals surface area contributed by atoms with E-state index in [4.69, 9.17) is 5.11 Å². The van der Waals surface area contributed by atoms with Crippen LogP contribution in [0.25, 0.3) is 0 Å². The van der Waals surface area contributed by atoms with Crippen LogP contribution in [0.4, 0.5) is 4.39 Å². The first-order chi connectivity index (χ1) is 4.24. The number of likely N-dealkylation sites (N-methyl/N-ethyl adjacent to an activating group) is 1. The quantitative estimate of drug-likeness (QED) is 0.545. The molecule has 2 nitrogen and oxygen atoms in total. The molecular weight excluding hydrogens is 121 g/mol. The maximum absolute atomic E-state index is 12.5. The fourth-order valence-electron chi connectivity index (χ4n) is 1.23. The van der Waals surface area contributed by atoms with E-state index in [0.717, 1.165) is 0 Å². The second-order valence-corrected chi connectivity index (χ2v) is 2.61. The Labute approximate surface area is 54.3 Å². The second kappa shape index (κ2) is 2.62. The molecule has 3 heteroatoms. The summed E-state index contributed by atoms with van der Waals surface area (Å²) in [5.41, 5.74) is 0. The van der Waals surface area contributed by atoms with Crippen molar-refractivity contribution >= 4 is 0 Å². The first-order valence-electron chi connectivity index (χ1n) is 3.19. The van der Waals surface area contributed by atoms with Crippen molar-refractivity contribution in [1.82, 2.24) is 4.90 Å². The van der Waals surface area contributed by atoms with Crippen molar-refractivity contribution in [3.63, 3.8) is 0 Å². The van der Waals surface area contributed by atoms with E-state index in [1.807, 2.05) is 11.9 Å². The van der Waals surface area contributed by atoms with Crippen LogP contribution in [0.5, 0.6) is 0 Å². The number of halogens is 1. The lowest BCUT2D eigenvalue weighted by molar-refractivity contribution is 0.182. The van der Waals surface area contributed by atoms with Gasteiger partial charge in [0.1, 0.15) is 6.17 Å². The molecule has 1 heterocycles. The molecule has 0 bridgehead atoms. The van der Waals surface area contributed by atoms with Crippen LogP contribution in [0.15, 0.2) is 0 Å². The van der Waals surface area contributed by atoms with Crippen molar-refractivity contribution in [3.8, 4) is 0 Å². The van der Waals surface area contributed by atoms with Crippen molar-refractivity contribution in [2.75, 3.05) is 20.2 Å². The lowest BCUT2D eigenvalue weighted by Crippen LogP contribution is -2.27. The Kier molecular flexibility index (Phi) is 2.03. The van der Waals surface area contributed by atoms with Gasteiger partial charge in [0.2, 0.25) is 0 Å². The van der Waals surface area contributed by atoms with Gasteiger partial charge >= 0.3 is 0 Å². The highest BCUT2D eigenvalue weighted by Gasteiger charge is 2.28. The van der Waals surface area contributed by atoms with Crippen molar-refractivity contribution in [3.05, 3.63) is 0 Å². The van der Waals surface area contributed by atoms with Gasteiger partial charge in [-0.2, -0.15) is 0 Å². The fraction of sp³-hybridized carbons (Fsp3) is 1.00. The van der Waals surface area contributed by atoms with Crippen LogP contribution >= 0.6 is 0 Å². The zero-order chi connectivity index (χ0) is 6.85. The fourth-order valence-corrected chi connectivity index (χ4v) is 1.23. The van der Waals surface area contributed by atoms with Gasteiger partial charge in [0.25, 0.3) is 0 Å². The second-order valence-electron chi connectivity index (χ2n) is 2.61. The van der Waals surface area contributed by atoms with Gasteiger partial charge in [0.15, 0.2) is 0 Å². The molecule has 1 N–H and O–H groups in total. The molecule has 0 radical (unpaired) electrons. The van der Waals surface area contributed by atoms with Crippen molar-refractivity contribution in [2.24, 2.45) is 0 Å². The van der Waals surface area contributed by atoms with Crippen LogP contribution in [-0.4, -0.2) is 42.4 Å². The highest BCUT2D eigenvalue weighted by atomic mass is 19.1. The molecule has 1 aliphatic rings. The van der Waals surface area contributed by atoms with Crippen molar-refractivity contribution in [2.45, 2.75) is 18.6 Å². The lowest BCUT2D eigenvalue weighted by Gasteiger charge is -2.14. The number of alkyl halides is 1. The zero-order valence-corrected chi connectivity index (χ0v) is 5.55. The minimum atomic E-state index is -0.729. The van der Waals surface area contributed by atoms with E-state index in [1.54, 1.807) is 0 Å². The van der Waals surface area contributed by atoms with Gasteiger partial charge in [-0.25, -0.2) is 4.39 Å². The highest BCUT2D eigenvalue weighted by Crippen LogP contribution is 2.17. The van der Waals surface area contributed by atoms with E-state index in [-0.39, 0.29) is 12.6 Å². The SMILES string of the molecule is CN1C[C@H](F)CC1CO. The van der Waals surface area contributed by atoms with Gasteiger partial charge in [-0.3, -0.25) is 4.90 Å². The normalized spacial score (nSPS) is 37.7. The van der Waals surface area contributed by atoms with Crippen molar-refractivity contribution in [1.29, 1.82) is 0 Å². The average molecular weight is 133 g/mol. The molecular formula is C6H12FNO. The molecule has 1 saturated heterocycles. The van der Waals surface area contributed by atoms with Gasteiger partial charge < -0.3 is 5.11 Å². The third-order valence-electron chi connectivity index (χ3n) is 1.85. The molecule has 9 heavy (non-hydrogen) atoms. The Morgan fingerprint density at radius 2 is 2.44 bits per heavy atom. The third kappa shape index (κ3) is 1.40. The maximum atomic E-state index is 12.5. The predicted octanol–water partition coefficient (Wildman–Crippen LogP) is 0.0209. The van der Waals surface area contributed by atoms with Gasteiger partial charge in [0.05, 0.1) is 6.61 Å². The summed E-state index contributed by atoms with van der Waals surface area (Å²) in [7, 11) is 1.83. The van der Waals surface area contributed by atoms with Gasteiger partial charge in [-0.05, 0) is 13.5 Å². The maximum Gasteiger partial charge on any atom is 0.114 e. The molecule has 0 aromatic heterocycles. The summed E-state index contributed by atoms with van der Waals surface area (Å²) in [5, 5.41) is 8.65. The topological polar surface area (TPSA) is 23.5 Å². The van der Waals surface area contributed by atoms with E-state index in [1.165, 1.54) is 0 Å². The molecule has 1 unspecified atom stereocenters. The summed E-state index contributed by atoms with van der Waals surface area (Å²) in [6.07, 6.45) is -0.236. The van der Waals surface area contributed by atoms with Crippen LogP contribution in [-0.2, 0) is 0 Å². The predicted molar refractivity (Wildman–Crippen MR) is 33.0 cm³/mol. The van der Waals surface area contributed by atoms with Crippen LogP contribution < -0.4 is 0 Å². The smallest absolute Gasteiger partial charge is 0.114 e. The number of rotatable bonds is 1. The minimum Gasteiger partial charge on any atom is -0.395 e. The molecule has 0 aliphatic carbocycles. The molecule has 0 aromatic carbocycles. The zero-order valence-electron chi connectivity index (χ0n) is 5.55. The van der Waals surface area contributed by atoms with Gasteiger partial charge in [-0.15, -0.1) is 0 Å². The van der Waals surface area contributed by atoms with E-state index in [0.29, 0.717) is 13.0 Å². The number of hydrogen-bond acceptors (Lipinski definition) is 2. The Morgan fingerprint density at radius 3 is 2.67 bits per heavy atom. The van der Waals surface area contributed by atoms with E-state index >= 15 is 0 Å². The number of nitrogens with zero attached hydrogens (tertiary/aromatic N) is 1. The Balaban J connectivity index is 2.38.